The largest absolute Gasteiger partial charge is 0.496 e. The van der Waals surface area contributed by atoms with Crippen LogP contribution in [-0.4, -0.2) is 56.9 Å². The molecule has 8 heteroatoms. The van der Waals surface area contributed by atoms with Crippen LogP contribution in [-0.2, 0) is 0 Å². The summed E-state index contributed by atoms with van der Waals surface area (Å²) in [7, 11) is 14.0. The molecule has 0 N–H and O–H groups in total. The zero-order valence-corrected chi connectivity index (χ0v) is 54.4. The highest BCUT2D eigenvalue weighted by atomic mass is 16.5. The van der Waals surface area contributed by atoms with Crippen LogP contribution < -0.4 is 37.9 Å². The number of fused-ring (bicyclic) bond motifs is 16. The molecule has 0 amide bonds. The van der Waals surface area contributed by atoms with Crippen LogP contribution in [0.2, 0.25) is 0 Å². The van der Waals surface area contributed by atoms with Gasteiger partial charge in [0.05, 0.1) is 56.9 Å². The van der Waals surface area contributed by atoms with Gasteiger partial charge in [-0.25, -0.2) is 0 Å². The lowest BCUT2D eigenvalue weighted by Gasteiger charge is -2.20. The Bertz CT molecular complexity index is 5600. The van der Waals surface area contributed by atoms with Gasteiger partial charge in [0.15, 0.2) is 0 Å². The van der Waals surface area contributed by atoms with E-state index in [2.05, 4.69) is 243 Å². The molecule has 0 unspecified atom stereocenters. The zero-order chi connectivity index (χ0) is 65.0. The first-order chi connectivity index (χ1) is 47.2. The van der Waals surface area contributed by atoms with Crippen molar-refractivity contribution < 1.29 is 37.9 Å². The molecule has 1 aliphatic rings. The molecule has 0 aliphatic heterocycles. The van der Waals surface area contributed by atoms with Gasteiger partial charge in [-0.2, -0.15) is 0 Å². The molecule has 0 aromatic heterocycles. The number of methoxy groups -OCH3 is 8. The van der Waals surface area contributed by atoms with Crippen LogP contribution in [0, 0.1) is 0 Å². The fraction of sp³-hybridized carbons (Fsp3) is 0.0909. The van der Waals surface area contributed by atoms with Gasteiger partial charge in [0.2, 0.25) is 0 Å². The van der Waals surface area contributed by atoms with Crippen molar-refractivity contribution in [2.45, 2.75) is 0 Å². The minimum Gasteiger partial charge on any atom is -0.496 e. The zero-order valence-electron chi connectivity index (χ0n) is 54.4. The van der Waals surface area contributed by atoms with Gasteiger partial charge < -0.3 is 37.9 Å². The normalized spacial score (nSPS) is 11.8. The minimum atomic E-state index is 0.709. The van der Waals surface area contributed by atoms with Crippen LogP contribution in [0.25, 0.3) is 175 Å². The van der Waals surface area contributed by atoms with E-state index in [1.165, 1.54) is 0 Å². The first kappa shape index (κ1) is 57.9. The molecule has 16 aromatic carbocycles. The van der Waals surface area contributed by atoms with E-state index in [9.17, 15) is 0 Å². The van der Waals surface area contributed by atoms with Gasteiger partial charge in [0, 0.05) is 44.5 Å². The second kappa shape index (κ2) is 22.9. The molecule has 17 rings (SSSR count). The third-order valence-electron chi connectivity index (χ3n) is 20.0. The van der Waals surface area contributed by atoms with Crippen molar-refractivity contribution in [2.24, 2.45) is 0 Å². The third kappa shape index (κ3) is 9.04. The van der Waals surface area contributed by atoms with Gasteiger partial charge in [0.25, 0.3) is 0 Å². The fourth-order valence-corrected chi connectivity index (χ4v) is 15.3. The van der Waals surface area contributed by atoms with Crippen molar-refractivity contribution in [3.8, 4) is 135 Å². The highest BCUT2D eigenvalue weighted by molar-refractivity contribution is 6.17. The Kier molecular flexibility index (Phi) is 13.8. The molecule has 96 heavy (non-hydrogen) atoms. The van der Waals surface area contributed by atoms with Crippen LogP contribution in [0.1, 0.15) is 0 Å². The van der Waals surface area contributed by atoms with Gasteiger partial charge in [0.1, 0.15) is 46.0 Å². The second-order valence-electron chi connectivity index (χ2n) is 24.6. The third-order valence-corrected chi connectivity index (χ3v) is 20.0. The van der Waals surface area contributed by atoms with E-state index in [-0.39, 0.29) is 0 Å². The predicted octanol–water partition coefficient (Wildman–Crippen LogP) is 22.6. The van der Waals surface area contributed by atoms with E-state index in [0.717, 1.165) is 210 Å². The van der Waals surface area contributed by atoms with Gasteiger partial charge in [-0.15, -0.1) is 0 Å². The number of ether oxygens (including phenoxy) is 8. The lowest BCUT2D eigenvalue weighted by atomic mass is 9.87. The Morgan fingerprint density at radius 2 is 0.260 bits per heavy atom. The van der Waals surface area contributed by atoms with E-state index in [1.807, 2.05) is 0 Å². The highest BCUT2D eigenvalue weighted by Gasteiger charge is 2.26. The molecule has 0 saturated carbocycles. The Labute approximate surface area is 555 Å². The van der Waals surface area contributed by atoms with Crippen LogP contribution >= 0.6 is 0 Å². The molecule has 0 heterocycles. The Morgan fingerprint density at radius 3 is 0.427 bits per heavy atom. The Hall–Kier alpha value is -12.0. The van der Waals surface area contributed by atoms with Gasteiger partial charge in [-0.3, -0.25) is 0 Å². The maximum absolute atomic E-state index is 6.44. The lowest BCUT2D eigenvalue weighted by molar-refractivity contribution is 0.411. The lowest BCUT2D eigenvalue weighted by Crippen LogP contribution is -1.96. The van der Waals surface area contributed by atoms with Crippen LogP contribution in [0.3, 0.4) is 0 Å². The summed E-state index contributed by atoms with van der Waals surface area (Å²) in [6, 6.07) is 87.4. The summed E-state index contributed by atoms with van der Waals surface area (Å²) in [6.07, 6.45) is 0. The maximum Gasteiger partial charge on any atom is 0.127 e. The Balaban J connectivity index is 0.989. The quantitative estimate of drug-likeness (QED) is 0.149. The molecule has 0 saturated heterocycles. The standard InChI is InChI=1S/C88H64O8/c1-89-73-33-25-49-9-17-57-41-65(49)81(73)63-23-15-55-31-39-79(95-7)87(71(55)47-63)88-72-48-64(24-16-56(72)32-40-80(88)96-8)82-66-42-58(18-10-50(66)26-34-74(82)90-2)60-20-12-52-28-36-76(92-4)84(68(52)44-60)86-70-46-62(22-14-54(70)30-38-78(86)94-6)61-21-13-53-29-37-77(93-5)85(69(53)45-61)83-67-43-59(57)19-11-51(67)27-35-75(83)91-3/h9-48H,1-8H3. The number of hydrogen-bond acceptors (Lipinski definition) is 8. The fourth-order valence-electron chi connectivity index (χ4n) is 15.3. The van der Waals surface area contributed by atoms with Crippen LogP contribution in [0.5, 0.6) is 46.0 Å². The summed E-state index contributed by atoms with van der Waals surface area (Å²) < 4.78 is 51.2. The molecule has 0 atom stereocenters. The van der Waals surface area contributed by atoms with Crippen molar-refractivity contribution in [1.29, 1.82) is 0 Å². The molecule has 464 valence electrons. The molecule has 1 aliphatic carbocycles. The van der Waals surface area contributed by atoms with E-state index >= 15 is 0 Å². The number of rotatable bonds is 8. The molecular weight excluding hydrogens is 1180 g/mol. The van der Waals surface area contributed by atoms with Crippen LogP contribution in [0.15, 0.2) is 243 Å². The summed E-state index contributed by atoms with van der Waals surface area (Å²) >= 11 is 0. The monoisotopic (exact) mass is 1250 g/mol. The summed E-state index contributed by atoms with van der Waals surface area (Å²) in [5.74, 6) is 5.84. The SMILES string of the molecule is COc1ccc2ccc3cc2c1-c1ccc2ccc(OC)c(c2c1)-c1c(OC)ccc2ccc(cc12)-c1c(OC)ccc2ccc(cc12)-c1ccc2ccc(OC)c(c2c1)-c1c(OC)ccc2ccc(cc12)-c1ccc2ccc(OC)c(c2c1)-c1c(OC)ccc2ccc-3cc12. The van der Waals surface area contributed by atoms with Crippen molar-refractivity contribution in [3.05, 3.63) is 243 Å². The summed E-state index contributed by atoms with van der Waals surface area (Å²) in [5, 5.41) is 16.6. The second-order valence-corrected chi connectivity index (χ2v) is 24.6. The number of hydrogen-bond donors (Lipinski definition) is 0. The molecule has 8 nitrogen and oxygen atoms in total. The smallest absolute Gasteiger partial charge is 0.127 e. The molecule has 16 bridgehead atoms. The van der Waals surface area contributed by atoms with Crippen molar-refractivity contribution in [2.75, 3.05) is 56.9 Å². The minimum absolute atomic E-state index is 0.709. The Morgan fingerprint density at radius 1 is 0.135 bits per heavy atom. The van der Waals surface area contributed by atoms with E-state index in [4.69, 9.17) is 37.9 Å². The molecular formula is C88H64O8. The molecule has 0 radical (unpaired) electrons. The first-order valence-electron chi connectivity index (χ1n) is 32.1. The van der Waals surface area contributed by atoms with Crippen LogP contribution in [0.4, 0.5) is 0 Å². The van der Waals surface area contributed by atoms with E-state index in [1.54, 1.807) is 56.9 Å². The summed E-state index contributed by atoms with van der Waals surface area (Å²) in [5.41, 5.74) is 15.7. The predicted molar refractivity (Wildman–Crippen MR) is 396 cm³/mol. The molecule has 0 spiro atoms. The van der Waals surface area contributed by atoms with Gasteiger partial charge in [-0.1, -0.05) is 146 Å². The van der Waals surface area contributed by atoms with E-state index in [0.29, 0.717) is 11.5 Å². The number of benzene rings is 16. The van der Waals surface area contributed by atoms with Gasteiger partial charge in [-0.05, 0) is 228 Å². The van der Waals surface area contributed by atoms with Crippen molar-refractivity contribution >= 4 is 86.2 Å². The summed E-state index contributed by atoms with van der Waals surface area (Å²) in [6.45, 7) is 0. The van der Waals surface area contributed by atoms with Crippen molar-refractivity contribution in [3.63, 3.8) is 0 Å². The highest BCUT2D eigenvalue weighted by Crippen LogP contribution is 2.53. The van der Waals surface area contributed by atoms with Gasteiger partial charge >= 0.3 is 0 Å². The first-order valence-corrected chi connectivity index (χ1v) is 32.1. The molecule has 0 fully saturated rings. The van der Waals surface area contributed by atoms with Crippen molar-refractivity contribution in [1.82, 2.24) is 0 Å². The molecule has 16 aromatic rings. The topological polar surface area (TPSA) is 73.8 Å². The maximum atomic E-state index is 6.44. The average Bonchev–Trinajstić information content (AvgIpc) is 0.751. The van der Waals surface area contributed by atoms with E-state index < -0.39 is 0 Å². The average molecular weight is 1250 g/mol. The summed E-state index contributed by atoms with van der Waals surface area (Å²) in [4.78, 5) is 0.